The Kier molecular flexibility index (Phi) is 5.81. The molecule has 0 atom stereocenters. The number of urea groups is 1. The van der Waals surface area contributed by atoms with E-state index < -0.39 is 23.7 Å². The van der Waals surface area contributed by atoms with Crippen LogP contribution in [-0.2, 0) is 16.2 Å². The van der Waals surface area contributed by atoms with Gasteiger partial charge in [0.1, 0.15) is 23.7 Å². The molecule has 1 aliphatic rings. The highest BCUT2D eigenvalue weighted by molar-refractivity contribution is 6.39. The molecule has 4 aromatic rings. The third-order valence-electron chi connectivity index (χ3n) is 5.68. The number of hydrogen-bond acceptors (Lipinski definition) is 4. The van der Waals surface area contributed by atoms with Gasteiger partial charge in [0, 0.05) is 11.1 Å². The molecule has 4 amide bonds. The largest absolute Gasteiger partial charge is 0.488 e. The Hall–Kier alpha value is -4.78. The normalized spacial score (nSPS) is 14.9. The minimum Gasteiger partial charge on any atom is -0.488 e. The lowest BCUT2D eigenvalue weighted by molar-refractivity contribution is -0.122. The van der Waals surface area contributed by atoms with E-state index in [4.69, 9.17) is 4.74 Å². The van der Waals surface area contributed by atoms with E-state index in [0.29, 0.717) is 22.6 Å². The molecule has 35 heavy (non-hydrogen) atoms. The predicted octanol–water partition coefficient (Wildman–Crippen LogP) is 5.22. The van der Waals surface area contributed by atoms with Gasteiger partial charge in [-0.1, -0.05) is 66.7 Å². The molecule has 0 saturated carbocycles. The Morgan fingerprint density at radius 2 is 1.54 bits per heavy atom. The van der Waals surface area contributed by atoms with Crippen molar-refractivity contribution in [2.45, 2.75) is 6.61 Å². The van der Waals surface area contributed by atoms with Crippen LogP contribution < -0.4 is 15.0 Å². The zero-order valence-electron chi connectivity index (χ0n) is 18.4. The van der Waals surface area contributed by atoms with Gasteiger partial charge in [-0.2, -0.15) is 0 Å². The van der Waals surface area contributed by atoms with Crippen LogP contribution in [0.3, 0.4) is 0 Å². The molecule has 5 rings (SSSR count). The number of carbonyl (C=O) groups is 3. The van der Waals surface area contributed by atoms with Crippen LogP contribution in [0.15, 0.2) is 96.6 Å². The van der Waals surface area contributed by atoms with Gasteiger partial charge in [-0.15, -0.1) is 0 Å². The lowest BCUT2D eigenvalue weighted by Gasteiger charge is -2.26. The van der Waals surface area contributed by atoms with Gasteiger partial charge in [0.2, 0.25) is 0 Å². The molecule has 0 aromatic heterocycles. The van der Waals surface area contributed by atoms with Crippen LogP contribution in [0.2, 0.25) is 0 Å². The lowest BCUT2D eigenvalue weighted by Crippen LogP contribution is -2.54. The average molecular weight is 466 g/mol. The van der Waals surface area contributed by atoms with Crippen molar-refractivity contribution in [3.05, 3.63) is 114 Å². The first kappa shape index (κ1) is 22.0. The number of amides is 4. The molecule has 6 nitrogen and oxygen atoms in total. The number of imide groups is 2. The van der Waals surface area contributed by atoms with Crippen molar-refractivity contribution in [3.8, 4) is 5.75 Å². The Morgan fingerprint density at radius 3 is 2.34 bits per heavy atom. The van der Waals surface area contributed by atoms with Crippen LogP contribution >= 0.6 is 0 Å². The van der Waals surface area contributed by atoms with E-state index in [9.17, 15) is 18.8 Å². The molecule has 0 aliphatic carbocycles. The highest BCUT2D eigenvalue weighted by Crippen LogP contribution is 2.32. The van der Waals surface area contributed by atoms with Gasteiger partial charge in [0.15, 0.2) is 0 Å². The number of carbonyl (C=O) groups excluding carboxylic acids is 3. The van der Waals surface area contributed by atoms with Gasteiger partial charge < -0.3 is 4.74 Å². The quantitative estimate of drug-likeness (QED) is 0.323. The van der Waals surface area contributed by atoms with Gasteiger partial charge in [-0.25, -0.2) is 14.1 Å². The summed E-state index contributed by atoms with van der Waals surface area (Å²) in [6.45, 7) is -0.0457. The third kappa shape index (κ3) is 4.27. The smallest absolute Gasteiger partial charge is 0.335 e. The summed E-state index contributed by atoms with van der Waals surface area (Å²) in [6.07, 6.45) is 1.42. The van der Waals surface area contributed by atoms with Crippen molar-refractivity contribution in [3.63, 3.8) is 0 Å². The minimum absolute atomic E-state index is 0.0457. The number of halogens is 1. The van der Waals surface area contributed by atoms with Crippen molar-refractivity contribution in [1.82, 2.24) is 5.32 Å². The van der Waals surface area contributed by atoms with E-state index in [1.807, 2.05) is 30.3 Å². The van der Waals surface area contributed by atoms with Crippen LogP contribution in [0.1, 0.15) is 11.1 Å². The molecular weight excluding hydrogens is 447 g/mol. The summed E-state index contributed by atoms with van der Waals surface area (Å²) >= 11 is 0. The molecule has 0 unspecified atom stereocenters. The van der Waals surface area contributed by atoms with Gasteiger partial charge in [-0.3, -0.25) is 14.9 Å². The fourth-order valence-corrected chi connectivity index (χ4v) is 3.93. The van der Waals surface area contributed by atoms with Crippen LogP contribution in [-0.4, -0.2) is 17.8 Å². The fourth-order valence-electron chi connectivity index (χ4n) is 3.93. The zero-order valence-corrected chi connectivity index (χ0v) is 18.4. The molecule has 1 saturated heterocycles. The van der Waals surface area contributed by atoms with Crippen molar-refractivity contribution < 1.29 is 23.5 Å². The molecule has 1 aliphatic heterocycles. The lowest BCUT2D eigenvalue weighted by atomic mass is 9.99. The van der Waals surface area contributed by atoms with Gasteiger partial charge >= 0.3 is 6.03 Å². The number of hydrogen-bond donors (Lipinski definition) is 1. The highest BCUT2D eigenvalue weighted by Gasteiger charge is 2.37. The molecule has 7 heteroatoms. The average Bonchev–Trinajstić information content (AvgIpc) is 2.87. The summed E-state index contributed by atoms with van der Waals surface area (Å²) in [7, 11) is 0. The second kappa shape index (κ2) is 9.23. The monoisotopic (exact) mass is 466 g/mol. The fraction of sp³-hybridized carbons (Fsp3) is 0.0357. The number of para-hydroxylation sites is 1. The van der Waals surface area contributed by atoms with Gasteiger partial charge in [0.25, 0.3) is 11.8 Å². The molecular formula is C28H19FN2O4. The predicted molar refractivity (Wildman–Crippen MR) is 130 cm³/mol. The summed E-state index contributed by atoms with van der Waals surface area (Å²) < 4.78 is 20.1. The summed E-state index contributed by atoms with van der Waals surface area (Å²) in [5, 5.41) is 3.82. The first-order valence-electron chi connectivity index (χ1n) is 10.9. The van der Waals surface area contributed by atoms with Crippen molar-refractivity contribution in [2.75, 3.05) is 4.90 Å². The zero-order chi connectivity index (χ0) is 24.4. The molecule has 1 fully saturated rings. The van der Waals surface area contributed by atoms with E-state index in [1.54, 1.807) is 54.6 Å². The van der Waals surface area contributed by atoms with Crippen LogP contribution in [0.5, 0.6) is 5.75 Å². The SMILES string of the molecule is O=C1NC(=O)N(c2ccccc2)C(=O)/C1=C/c1c(OCc2ccccc2F)ccc2ccccc12. The standard InChI is InChI=1S/C28H19FN2O4/c29-24-13-7-5-9-19(24)17-35-25-15-14-18-8-4-6-12-21(18)22(25)16-23-26(32)30-28(34)31(27(23)33)20-10-2-1-3-11-20/h1-16H,17H2,(H,30,32,34)/b23-16+. The number of fused-ring (bicyclic) bond motifs is 1. The van der Waals surface area contributed by atoms with Crippen LogP contribution in [0, 0.1) is 5.82 Å². The Balaban J connectivity index is 1.59. The summed E-state index contributed by atoms with van der Waals surface area (Å²) in [4.78, 5) is 39.4. The third-order valence-corrected chi connectivity index (χ3v) is 5.68. The molecule has 0 bridgehead atoms. The number of nitrogens with zero attached hydrogens (tertiary/aromatic N) is 1. The van der Waals surface area contributed by atoms with Gasteiger partial charge in [0.05, 0.1) is 5.69 Å². The number of ether oxygens (including phenoxy) is 1. The van der Waals surface area contributed by atoms with Crippen molar-refractivity contribution in [1.29, 1.82) is 0 Å². The number of barbiturate groups is 1. The molecule has 4 aromatic carbocycles. The van der Waals surface area contributed by atoms with E-state index in [1.165, 1.54) is 12.1 Å². The first-order chi connectivity index (χ1) is 17.0. The number of rotatable bonds is 5. The summed E-state index contributed by atoms with van der Waals surface area (Å²) in [5.74, 6) is -1.59. The maximum atomic E-state index is 14.1. The van der Waals surface area contributed by atoms with Gasteiger partial charge in [-0.05, 0) is 41.1 Å². The van der Waals surface area contributed by atoms with Crippen LogP contribution in [0.25, 0.3) is 16.8 Å². The molecule has 0 spiro atoms. The Bertz CT molecular complexity index is 1500. The first-order valence-corrected chi connectivity index (χ1v) is 10.9. The second-order valence-corrected chi connectivity index (χ2v) is 7.87. The van der Waals surface area contributed by atoms with Crippen molar-refractivity contribution >= 4 is 40.4 Å². The summed E-state index contributed by atoms with van der Waals surface area (Å²) in [6, 6.07) is 24.8. The maximum Gasteiger partial charge on any atom is 0.335 e. The second-order valence-electron chi connectivity index (χ2n) is 7.87. The number of benzene rings is 4. The van der Waals surface area contributed by atoms with E-state index in [2.05, 4.69) is 5.32 Å². The highest BCUT2D eigenvalue weighted by atomic mass is 19.1. The molecule has 0 radical (unpaired) electrons. The molecule has 1 heterocycles. The van der Waals surface area contributed by atoms with Crippen molar-refractivity contribution in [2.24, 2.45) is 0 Å². The maximum absolute atomic E-state index is 14.1. The van der Waals surface area contributed by atoms with E-state index in [0.717, 1.165) is 15.7 Å². The number of anilines is 1. The Labute approximate surface area is 200 Å². The molecule has 1 N–H and O–H groups in total. The number of nitrogens with one attached hydrogen (secondary N) is 1. The minimum atomic E-state index is -0.822. The van der Waals surface area contributed by atoms with Crippen LogP contribution in [0.4, 0.5) is 14.9 Å². The van der Waals surface area contributed by atoms with E-state index >= 15 is 0 Å². The Morgan fingerprint density at radius 1 is 0.829 bits per heavy atom. The summed E-state index contributed by atoms with van der Waals surface area (Å²) in [5.41, 5.74) is 0.954. The van der Waals surface area contributed by atoms with E-state index in [-0.39, 0.29) is 12.2 Å². The molecule has 172 valence electrons. The topological polar surface area (TPSA) is 75.7 Å².